The maximum atomic E-state index is 13.2. The fourth-order valence-electron chi connectivity index (χ4n) is 1.96. The molecule has 1 heterocycles. The van der Waals surface area contributed by atoms with Crippen LogP contribution in [0.2, 0.25) is 0 Å². The molecule has 0 aliphatic carbocycles. The van der Waals surface area contributed by atoms with Gasteiger partial charge >= 0.3 is 0 Å². The normalized spacial score (nSPS) is 10.0. The minimum Gasteiger partial charge on any atom is -0.507 e. The number of aromatic hydroxyl groups is 1. The Hall–Kier alpha value is -3.20. The van der Waals surface area contributed by atoms with E-state index in [1.807, 2.05) is 0 Å². The fraction of sp³-hybridized carbons (Fsp3) is 0.0625. The van der Waals surface area contributed by atoms with Crippen molar-refractivity contribution in [2.45, 2.75) is 6.54 Å². The lowest BCUT2D eigenvalue weighted by Gasteiger charge is -2.08. The number of allylic oxidation sites excluding steroid dienone is 1. The van der Waals surface area contributed by atoms with E-state index < -0.39 is 17.2 Å². The second-order valence-corrected chi connectivity index (χ2v) is 4.49. The summed E-state index contributed by atoms with van der Waals surface area (Å²) in [6.07, 6.45) is 2.69. The van der Waals surface area contributed by atoms with Gasteiger partial charge in [-0.2, -0.15) is 5.26 Å². The molecular weight excluding hydrogens is 287 g/mol. The Labute approximate surface area is 125 Å². The summed E-state index contributed by atoms with van der Waals surface area (Å²) in [6.45, 7) is 3.61. The molecule has 110 valence electrons. The molecule has 0 spiro atoms. The van der Waals surface area contributed by atoms with Gasteiger partial charge in [0.05, 0.1) is 5.56 Å². The topological polar surface area (TPSA) is 83.1 Å². The molecule has 1 N–H and O–H groups in total. The Morgan fingerprint density at radius 2 is 2.18 bits per heavy atom. The van der Waals surface area contributed by atoms with Crippen LogP contribution in [0.15, 0.2) is 47.9 Å². The first kappa shape index (κ1) is 15.2. The molecule has 0 aliphatic rings. The van der Waals surface area contributed by atoms with Crippen LogP contribution in [0.25, 0.3) is 0 Å². The monoisotopic (exact) mass is 298 g/mol. The standard InChI is InChI=1S/C16H11FN2O3/c1-2-5-19-9-11(6-10(8-18)16(19)22)15(21)13-7-12(17)3-4-14(13)20/h2-4,6-7,9,20H,1,5H2. The molecule has 0 amide bonds. The maximum Gasteiger partial charge on any atom is 0.268 e. The molecule has 1 aromatic heterocycles. The van der Waals surface area contributed by atoms with Crippen LogP contribution < -0.4 is 5.56 Å². The maximum absolute atomic E-state index is 13.2. The summed E-state index contributed by atoms with van der Waals surface area (Å²) < 4.78 is 14.4. The quantitative estimate of drug-likeness (QED) is 0.691. The molecule has 0 saturated carbocycles. The molecule has 0 aliphatic heterocycles. The Morgan fingerprint density at radius 3 is 2.82 bits per heavy atom. The molecular formula is C16H11FN2O3. The molecule has 5 nitrogen and oxygen atoms in total. The van der Waals surface area contributed by atoms with Gasteiger partial charge in [-0.05, 0) is 24.3 Å². The number of aromatic nitrogens is 1. The molecule has 0 radical (unpaired) electrons. The van der Waals surface area contributed by atoms with Crippen molar-refractivity contribution in [2.24, 2.45) is 0 Å². The van der Waals surface area contributed by atoms with Crippen LogP contribution in [0.5, 0.6) is 5.75 Å². The minimum atomic E-state index is -0.689. The number of hydrogen-bond donors (Lipinski definition) is 1. The third-order valence-corrected chi connectivity index (χ3v) is 3.00. The molecule has 0 saturated heterocycles. The van der Waals surface area contributed by atoms with Gasteiger partial charge in [-0.3, -0.25) is 9.59 Å². The average molecular weight is 298 g/mol. The fourth-order valence-corrected chi connectivity index (χ4v) is 1.96. The Bertz CT molecular complexity index is 863. The number of phenolic OH excluding ortho intramolecular Hbond substituents is 1. The van der Waals surface area contributed by atoms with E-state index in [4.69, 9.17) is 5.26 Å². The van der Waals surface area contributed by atoms with Crippen molar-refractivity contribution in [1.29, 1.82) is 5.26 Å². The van der Waals surface area contributed by atoms with Gasteiger partial charge in [-0.15, -0.1) is 6.58 Å². The van der Waals surface area contributed by atoms with Crippen LogP contribution in [0, 0.1) is 17.1 Å². The van der Waals surface area contributed by atoms with Gasteiger partial charge in [0.25, 0.3) is 5.56 Å². The lowest BCUT2D eigenvalue weighted by molar-refractivity contribution is 0.103. The van der Waals surface area contributed by atoms with Crippen molar-refractivity contribution >= 4 is 5.78 Å². The molecule has 1 aromatic carbocycles. The van der Waals surface area contributed by atoms with Crippen molar-refractivity contribution in [2.75, 3.05) is 0 Å². The van der Waals surface area contributed by atoms with Crippen molar-refractivity contribution in [3.05, 3.63) is 76.0 Å². The summed E-state index contributed by atoms with van der Waals surface area (Å²) in [5.74, 6) is -1.75. The number of carbonyl (C=O) groups excluding carboxylic acids is 1. The first-order valence-electron chi connectivity index (χ1n) is 6.26. The van der Waals surface area contributed by atoms with Gasteiger partial charge in [0, 0.05) is 18.3 Å². The predicted molar refractivity (Wildman–Crippen MR) is 77.1 cm³/mol. The third-order valence-electron chi connectivity index (χ3n) is 3.00. The number of nitriles is 1. The van der Waals surface area contributed by atoms with Crippen LogP contribution >= 0.6 is 0 Å². The number of rotatable bonds is 4. The number of halogens is 1. The van der Waals surface area contributed by atoms with Crippen LogP contribution in [0.4, 0.5) is 4.39 Å². The van der Waals surface area contributed by atoms with E-state index in [2.05, 4.69) is 6.58 Å². The number of ketones is 1. The molecule has 2 rings (SSSR count). The van der Waals surface area contributed by atoms with E-state index in [1.165, 1.54) is 12.3 Å². The molecule has 0 atom stereocenters. The summed E-state index contributed by atoms with van der Waals surface area (Å²) in [5, 5.41) is 18.7. The van der Waals surface area contributed by atoms with E-state index >= 15 is 0 Å². The van der Waals surface area contributed by atoms with Gasteiger partial charge < -0.3 is 9.67 Å². The number of carbonyl (C=O) groups is 1. The number of hydrogen-bond acceptors (Lipinski definition) is 4. The summed E-state index contributed by atoms with van der Waals surface area (Å²) in [4.78, 5) is 24.3. The summed E-state index contributed by atoms with van der Waals surface area (Å²) in [7, 11) is 0. The molecule has 22 heavy (non-hydrogen) atoms. The van der Waals surface area contributed by atoms with Gasteiger partial charge in [-0.1, -0.05) is 6.08 Å². The highest BCUT2D eigenvalue weighted by Crippen LogP contribution is 2.21. The van der Waals surface area contributed by atoms with E-state index in [0.717, 1.165) is 28.8 Å². The lowest BCUT2D eigenvalue weighted by Crippen LogP contribution is -2.23. The first-order chi connectivity index (χ1) is 10.5. The SMILES string of the molecule is C=CCn1cc(C(=O)c2cc(F)ccc2O)cc(C#N)c1=O. The van der Waals surface area contributed by atoms with Gasteiger partial charge in [0.1, 0.15) is 23.2 Å². The van der Waals surface area contributed by atoms with Crippen LogP contribution in [-0.2, 0) is 6.54 Å². The number of pyridine rings is 1. The minimum absolute atomic E-state index is 0.00102. The van der Waals surface area contributed by atoms with Crippen molar-refractivity contribution < 1.29 is 14.3 Å². The highest BCUT2D eigenvalue weighted by molar-refractivity contribution is 6.10. The Kier molecular flexibility index (Phi) is 4.18. The zero-order valence-corrected chi connectivity index (χ0v) is 11.4. The Morgan fingerprint density at radius 1 is 1.45 bits per heavy atom. The molecule has 2 aromatic rings. The highest BCUT2D eigenvalue weighted by atomic mass is 19.1. The van der Waals surface area contributed by atoms with E-state index in [1.54, 1.807) is 6.07 Å². The third kappa shape index (κ3) is 2.79. The predicted octanol–water partition coefficient (Wildman–Crippen LogP) is 1.98. The highest BCUT2D eigenvalue weighted by Gasteiger charge is 2.17. The zero-order valence-electron chi connectivity index (χ0n) is 11.4. The second kappa shape index (κ2) is 6.06. The van der Waals surface area contributed by atoms with Crippen molar-refractivity contribution in [3.63, 3.8) is 0 Å². The van der Waals surface area contributed by atoms with Crippen LogP contribution in [-0.4, -0.2) is 15.5 Å². The number of phenols is 1. The Balaban J connectivity index is 2.61. The van der Waals surface area contributed by atoms with E-state index in [9.17, 15) is 19.1 Å². The molecule has 0 fully saturated rings. The van der Waals surface area contributed by atoms with E-state index in [0.29, 0.717) is 0 Å². The van der Waals surface area contributed by atoms with Crippen molar-refractivity contribution in [3.8, 4) is 11.8 Å². The molecule has 6 heteroatoms. The summed E-state index contributed by atoms with van der Waals surface area (Å²) in [5.41, 5.74) is -1.02. The second-order valence-electron chi connectivity index (χ2n) is 4.49. The largest absolute Gasteiger partial charge is 0.507 e. The molecule has 0 unspecified atom stereocenters. The van der Waals surface area contributed by atoms with Gasteiger partial charge in [-0.25, -0.2) is 4.39 Å². The van der Waals surface area contributed by atoms with E-state index in [-0.39, 0.29) is 29.0 Å². The average Bonchev–Trinajstić information content (AvgIpc) is 2.51. The first-order valence-corrected chi connectivity index (χ1v) is 6.26. The van der Waals surface area contributed by atoms with Crippen molar-refractivity contribution in [1.82, 2.24) is 4.57 Å². The van der Waals surface area contributed by atoms with Crippen LogP contribution in [0.1, 0.15) is 21.5 Å². The number of nitrogens with zero attached hydrogens (tertiary/aromatic N) is 2. The lowest BCUT2D eigenvalue weighted by atomic mass is 10.0. The van der Waals surface area contributed by atoms with Gasteiger partial charge in [0.15, 0.2) is 5.78 Å². The van der Waals surface area contributed by atoms with Crippen LogP contribution in [0.3, 0.4) is 0 Å². The summed E-state index contributed by atoms with van der Waals surface area (Å²) in [6, 6.07) is 5.81. The smallest absolute Gasteiger partial charge is 0.268 e. The zero-order chi connectivity index (χ0) is 16.3. The number of benzene rings is 1. The molecule has 0 bridgehead atoms. The van der Waals surface area contributed by atoms with Gasteiger partial charge in [0.2, 0.25) is 0 Å². The summed E-state index contributed by atoms with van der Waals surface area (Å²) >= 11 is 0.